The Morgan fingerprint density at radius 2 is 1.60 bits per heavy atom. The molecule has 0 saturated carbocycles. The van der Waals surface area contributed by atoms with E-state index in [1.807, 2.05) is 67.7 Å². The zero-order valence-corrected chi connectivity index (χ0v) is 24.1. The van der Waals surface area contributed by atoms with Gasteiger partial charge in [0.1, 0.15) is 5.75 Å². The van der Waals surface area contributed by atoms with Gasteiger partial charge >= 0.3 is 0 Å². The van der Waals surface area contributed by atoms with Crippen LogP contribution in [0.1, 0.15) is 53.2 Å². The molecule has 0 radical (unpaired) electrons. The number of ether oxygens (including phenoxy) is 2. The quantitative estimate of drug-likeness (QED) is 0.201. The lowest BCUT2D eigenvalue weighted by Crippen LogP contribution is -2.44. The number of phenols is 1. The number of aliphatic hydroxyl groups excluding tert-OH is 2. The number of benzene rings is 4. The number of nitrogens with two attached hydrogens (primary N) is 1. The summed E-state index contributed by atoms with van der Waals surface area (Å²) in [5.74, 6) is 0.142. The summed E-state index contributed by atoms with van der Waals surface area (Å²) in [7, 11) is 1.96. The highest BCUT2D eigenvalue weighted by atomic mass is 16.7. The Morgan fingerprint density at radius 1 is 0.881 bits per heavy atom. The van der Waals surface area contributed by atoms with Gasteiger partial charge in [-0.15, -0.1) is 0 Å². The lowest BCUT2D eigenvalue weighted by molar-refractivity contribution is -0.276. The normalized spacial score (nSPS) is 21.4. The molecule has 42 heavy (non-hydrogen) atoms. The van der Waals surface area contributed by atoms with Crippen molar-refractivity contribution in [3.05, 3.63) is 125 Å². The van der Waals surface area contributed by atoms with E-state index >= 15 is 0 Å². The molecular formula is C35H40N2O5. The third kappa shape index (κ3) is 6.90. The number of nitrogens with zero attached hydrogens (tertiary/aromatic N) is 1. The van der Waals surface area contributed by atoms with Crippen LogP contribution in [0, 0.1) is 5.92 Å². The monoisotopic (exact) mass is 568 g/mol. The molecule has 1 heterocycles. The molecule has 5 rings (SSSR count). The average molecular weight is 569 g/mol. The van der Waals surface area contributed by atoms with Crippen LogP contribution in [0.2, 0.25) is 0 Å². The van der Waals surface area contributed by atoms with Gasteiger partial charge in [0.25, 0.3) is 0 Å². The first-order valence-corrected chi connectivity index (χ1v) is 14.4. The minimum absolute atomic E-state index is 0.0114. The van der Waals surface area contributed by atoms with Gasteiger partial charge in [-0.2, -0.15) is 0 Å². The zero-order valence-electron chi connectivity index (χ0n) is 24.1. The van der Waals surface area contributed by atoms with Gasteiger partial charge in [0.15, 0.2) is 6.29 Å². The van der Waals surface area contributed by atoms with E-state index in [0.717, 1.165) is 33.4 Å². The lowest BCUT2D eigenvalue weighted by atomic mass is 9.90. The maximum Gasteiger partial charge on any atom is 0.184 e. The van der Waals surface area contributed by atoms with Gasteiger partial charge in [0.2, 0.25) is 0 Å². The van der Waals surface area contributed by atoms with E-state index in [1.165, 1.54) is 0 Å². The highest BCUT2D eigenvalue weighted by Gasteiger charge is 2.39. The van der Waals surface area contributed by atoms with Crippen LogP contribution in [0.5, 0.6) is 5.75 Å². The van der Waals surface area contributed by atoms with E-state index in [1.54, 1.807) is 18.2 Å². The Hall–Kier alpha value is -3.56. The molecule has 0 aromatic heterocycles. The number of rotatable bonds is 10. The third-order valence-electron chi connectivity index (χ3n) is 8.09. The second-order valence-corrected chi connectivity index (χ2v) is 11.1. The molecule has 5 N–H and O–H groups in total. The van der Waals surface area contributed by atoms with E-state index in [0.29, 0.717) is 25.2 Å². The summed E-state index contributed by atoms with van der Waals surface area (Å²) in [5, 5.41) is 30.2. The fourth-order valence-electron chi connectivity index (χ4n) is 5.64. The van der Waals surface area contributed by atoms with Crippen LogP contribution < -0.4 is 5.73 Å². The van der Waals surface area contributed by atoms with Gasteiger partial charge in [0.05, 0.1) is 24.9 Å². The van der Waals surface area contributed by atoms with Gasteiger partial charge < -0.3 is 35.4 Å². The maximum atomic E-state index is 10.8. The molecule has 4 aromatic rings. The number of aromatic hydroxyl groups is 1. The molecule has 7 heteroatoms. The molecule has 1 fully saturated rings. The SMILES string of the molecule is C[C@H]1[C@@H](CN(C)C[C@@H](O)c2cccc(O)c2)O[C@@H](c2ccc(-c3ccccc3CN)cc2)O[C@H]1c1ccc(CO)cc1. The molecule has 220 valence electrons. The van der Waals surface area contributed by atoms with E-state index in [2.05, 4.69) is 30.0 Å². The Bertz CT molecular complexity index is 1440. The standard InChI is InChI=1S/C35H40N2O5/c1-23-33(21-37(2)20-32(40)28-7-5-8-30(39)18-28)41-35(42-34(23)26-12-10-24(22-38)11-13-26)27-16-14-25(15-17-27)31-9-4-3-6-29(31)19-36/h3-18,23,32-35,38-40H,19-22,36H2,1-2H3/t23-,32+,33+,34+,35+/m0/s1. The van der Waals surface area contributed by atoms with Crippen LogP contribution in [0.4, 0.5) is 0 Å². The summed E-state index contributed by atoms with van der Waals surface area (Å²) in [6.45, 7) is 3.53. The summed E-state index contributed by atoms with van der Waals surface area (Å²) in [6.07, 6.45) is -1.76. The molecule has 1 saturated heterocycles. The van der Waals surface area contributed by atoms with Crippen LogP contribution in [0.25, 0.3) is 11.1 Å². The summed E-state index contributed by atoms with van der Waals surface area (Å²) in [6, 6.07) is 31.0. The van der Waals surface area contributed by atoms with Crippen molar-refractivity contribution in [2.45, 2.75) is 44.7 Å². The zero-order chi connectivity index (χ0) is 29.6. The molecule has 1 aliphatic heterocycles. The lowest BCUT2D eigenvalue weighted by Gasteiger charge is -2.42. The van der Waals surface area contributed by atoms with Crippen molar-refractivity contribution >= 4 is 0 Å². The first kappa shape index (κ1) is 29.9. The van der Waals surface area contributed by atoms with Crippen LogP contribution in [-0.2, 0) is 22.6 Å². The summed E-state index contributed by atoms with van der Waals surface area (Å²) >= 11 is 0. The number of hydrogen-bond donors (Lipinski definition) is 4. The summed E-state index contributed by atoms with van der Waals surface area (Å²) in [5.41, 5.74) is 12.7. The molecule has 1 aliphatic rings. The molecule has 7 nitrogen and oxygen atoms in total. The average Bonchev–Trinajstić information content (AvgIpc) is 3.02. The topological polar surface area (TPSA) is 108 Å². The smallest absolute Gasteiger partial charge is 0.184 e. The van der Waals surface area contributed by atoms with Gasteiger partial charge in [-0.1, -0.05) is 91.9 Å². The van der Waals surface area contributed by atoms with Crippen molar-refractivity contribution in [1.29, 1.82) is 0 Å². The van der Waals surface area contributed by atoms with Crippen molar-refractivity contribution < 1.29 is 24.8 Å². The Morgan fingerprint density at radius 3 is 2.29 bits per heavy atom. The highest BCUT2D eigenvalue weighted by molar-refractivity contribution is 5.67. The molecule has 0 amide bonds. The van der Waals surface area contributed by atoms with Crippen LogP contribution in [-0.4, -0.2) is 46.5 Å². The minimum Gasteiger partial charge on any atom is -0.508 e. The molecule has 0 unspecified atom stereocenters. The predicted molar refractivity (Wildman–Crippen MR) is 163 cm³/mol. The molecule has 5 atom stereocenters. The van der Waals surface area contributed by atoms with Gasteiger partial charge in [0, 0.05) is 31.1 Å². The summed E-state index contributed by atoms with van der Waals surface area (Å²) in [4.78, 5) is 2.05. The Balaban J connectivity index is 1.37. The third-order valence-corrected chi connectivity index (χ3v) is 8.09. The minimum atomic E-state index is -0.751. The fourth-order valence-corrected chi connectivity index (χ4v) is 5.64. The highest BCUT2D eigenvalue weighted by Crippen LogP contribution is 2.42. The number of hydrogen-bond acceptors (Lipinski definition) is 7. The van der Waals surface area contributed by atoms with Crippen molar-refractivity contribution in [2.75, 3.05) is 20.1 Å². The number of aliphatic hydroxyl groups is 2. The maximum absolute atomic E-state index is 10.8. The van der Waals surface area contributed by atoms with E-state index in [-0.39, 0.29) is 30.5 Å². The summed E-state index contributed by atoms with van der Waals surface area (Å²) < 4.78 is 13.2. The Labute approximate surface area is 247 Å². The van der Waals surface area contributed by atoms with Gasteiger partial charge in [-0.25, -0.2) is 0 Å². The first-order chi connectivity index (χ1) is 20.4. The van der Waals surface area contributed by atoms with Crippen molar-refractivity contribution in [3.63, 3.8) is 0 Å². The Kier molecular flexibility index (Phi) is 9.69. The number of likely N-dealkylation sites (N-methyl/N-ethyl adjacent to an activating group) is 1. The predicted octanol–water partition coefficient (Wildman–Crippen LogP) is 5.47. The van der Waals surface area contributed by atoms with E-state index in [9.17, 15) is 15.3 Å². The first-order valence-electron chi connectivity index (χ1n) is 14.4. The van der Waals surface area contributed by atoms with Gasteiger partial charge in [-0.05, 0) is 52.6 Å². The van der Waals surface area contributed by atoms with Gasteiger partial charge in [-0.3, -0.25) is 0 Å². The van der Waals surface area contributed by atoms with E-state index in [4.69, 9.17) is 15.2 Å². The molecule has 4 aromatic carbocycles. The fraction of sp³-hybridized carbons (Fsp3) is 0.314. The second-order valence-electron chi connectivity index (χ2n) is 11.1. The largest absolute Gasteiger partial charge is 0.508 e. The van der Waals surface area contributed by atoms with Crippen LogP contribution in [0.3, 0.4) is 0 Å². The van der Waals surface area contributed by atoms with E-state index < -0.39 is 12.4 Å². The van der Waals surface area contributed by atoms with Crippen LogP contribution >= 0.6 is 0 Å². The van der Waals surface area contributed by atoms with Crippen molar-refractivity contribution in [1.82, 2.24) is 4.90 Å². The molecule has 0 bridgehead atoms. The van der Waals surface area contributed by atoms with Crippen molar-refractivity contribution in [3.8, 4) is 16.9 Å². The van der Waals surface area contributed by atoms with Crippen molar-refractivity contribution in [2.24, 2.45) is 11.7 Å². The number of phenolic OH excluding ortho intramolecular Hbond substituents is 1. The van der Waals surface area contributed by atoms with Crippen LogP contribution in [0.15, 0.2) is 97.1 Å². The molecular weight excluding hydrogens is 528 g/mol. The second kappa shape index (κ2) is 13.6. The molecule has 0 spiro atoms. The molecule has 0 aliphatic carbocycles.